The maximum atomic E-state index is 11.8. The molecular weight excluding hydrogens is 256 g/mol. The SMILES string of the molecule is CCSc1ccc(CNC(=O)c2cccnc2)cc1. The van der Waals surface area contributed by atoms with Crippen molar-refractivity contribution in [1.29, 1.82) is 0 Å². The van der Waals surface area contributed by atoms with Crippen LogP contribution in [0.1, 0.15) is 22.8 Å². The molecule has 0 radical (unpaired) electrons. The molecule has 0 aliphatic carbocycles. The molecule has 1 amide bonds. The van der Waals surface area contributed by atoms with Crippen molar-refractivity contribution >= 4 is 17.7 Å². The van der Waals surface area contributed by atoms with E-state index in [1.54, 1.807) is 24.5 Å². The molecule has 0 fully saturated rings. The van der Waals surface area contributed by atoms with Crippen LogP contribution in [0.3, 0.4) is 0 Å². The lowest BCUT2D eigenvalue weighted by atomic mass is 10.2. The minimum Gasteiger partial charge on any atom is -0.348 e. The highest BCUT2D eigenvalue weighted by Gasteiger charge is 2.04. The Kier molecular flexibility index (Phi) is 4.98. The summed E-state index contributed by atoms with van der Waals surface area (Å²) >= 11 is 1.81. The molecular formula is C15H16N2OS. The Bertz CT molecular complexity index is 526. The number of carbonyl (C=O) groups excluding carboxylic acids is 1. The van der Waals surface area contributed by atoms with Crippen molar-refractivity contribution in [3.63, 3.8) is 0 Å². The fraction of sp³-hybridized carbons (Fsp3) is 0.200. The summed E-state index contributed by atoms with van der Waals surface area (Å²) in [7, 11) is 0. The summed E-state index contributed by atoms with van der Waals surface area (Å²) < 4.78 is 0. The van der Waals surface area contributed by atoms with Crippen LogP contribution in [0.15, 0.2) is 53.7 Å². The zero-order valence-electron chi connectivity index (χ0n) is 10.8. The number of nitrogens with zero attached hydrogens (tertiary/aromatic N) is 1. The van der Waals surface area contributed by atoms with E-state index in [1.807, 2.05) is 23.9 Å². The van der Waals surface area contributed by atoms with Gasteiger partial charge in [0.1, 0.15) is 0 Å². The van der Waals surface area contributed by atoms with E-state index in [4.69, 9.17) is 0 Å². The highest BCUT2D eigenvalue weighted by Crippen LogP contribution is 2.17. The first-order valence-corrected chi connectivity index (χ1v) is 7.18. The summed E-state index contributed by atoms with van der Waals surface area (Å²) in [5, 5.41) is 2.88. The third-order valence-corrected chi connectivity index (χ3v) is 3.51. The highest BCUT2D eigenvalue weighted by atomic mass is 32.2. The molecule has 1 aromatic heterocycles. The van der Waals surface area contributed by atoms with Crippen molar-refractivity contribution < 1.29 is 4.79 Å². The lowest BCUT2D eigenvalue weighted by Gasteiger charge is -2.06. The number of aromatic nitrogens is 1. The van der Waals surface area contributed by atoms with Crippen LogP contribution in [0.5, 0.6) is 0 Å². The molecule has 3 nitrogen and oxygen atoms in total. The molecule has 0 atom stereocenters. The van der Waals surface area contributed by atoms with E-state index in [0.29, 0.717) is 12.1 Å². The first kappa shape index (κ1) is 13.6. The van der Waals surface area contributed by atoms with Crippen molar-refractivity contribution in [3.8, 4) is 0 Å². The average Bonchev–Trinajstić information content (AvgIpc) is 2.47. The largest absolute Gasteiger partial charge is 0.348 e. The van der Waals surface area contributed by atoms with Gasteiger partial charge in [0.05, 0.1) is 5.56 Å². The number of hydrogen-bond donors (Lipinski definition) is 1. The number of benzene rings is 1. The fourth-order valence-corrected chi connectivity index (χ4v) is 2.31. The van der Waals surface area contributed by atoms with E-state index >= 15 is 0 Å². The molecule has 0 saturated carbocycles. The molecule has 0 bridgehead atoms. The van der Waals surface area contributed by atoms with Gasteiger partial charge in [-0.1, -0.05) is 19.1 Å². The van der Waals surface area contributed by atoms with Crippen molar-refractivity contribution in [1.82, 2.24) is 10.3 Å². The van der Waals surface area contributed by atoms with E-state index in [9.17, 15) is 4.79 Å². The van der Waals surface area contributed by atoms with Gasteiger partial charge in [0.25, 0.3) is 5.91 Å². The third-order valence-electron chi connectivity index (χ3n) is 2.61. The van der Waals surface area contributed by atoms with Crippen LogP contribution in [0.2, 0.25) is 0 Å². The Morgan fingerprint density at radius 1 is 1.26 bits per heavy atom. The number of amides is 1. The molecule has 0 saturated heterocycles. The van der Waals surface area contributed by atoms with Crippen LogP contribution in [-0.4, -0.2) is 16.6 Å². The molecule has 98 valence electrons. The van der Waals surface area contributed by atoms with Gasteiger partial charge in [-0.25, -0.2) is 0 Å². The normalized spacial score (nSPS) is 10.2. The molecule has 0 spiro atoms. The molecule has 4 heteroatoms. The monoisotopic (exact) mass is 272 g/mol. The van der Waals surface area contributed by atoms with Gasteiger partial charge >= 0.3 is 0 Å². The third kappa shape index (κ3) is 4.10. The van der Waals surface area contributed by atoms with E-state index in [-0.39, 0.29) is 5.91 Å². The summed E-state index contributed by atoms with van der Waals surface area (Å²) in [5.41, 5.74) is 1.68. The topological polar surface area (TPSA) is 42.0 Å². The fourth-order valence-electron chi connectivity index (χ4n) is 1.65. The Morgan fingerprint density at radius 2 is 2.05 bits per heavy atom. The second kappa shape index (κ2) is 6.95. The maximum absolute atomic E-state index is 11.8. The smallest absolute Gasteiger partial charge is 0.253 e. The summed E-state index contributed by atoms with van der Waals surface area (Å²) in [6.07, 6.45) is 3.22. The number of thioether (sulfide) groups is 1. The first-order chi connectivity index (χ1) is 9.29. The van der Waals surface area contributed by atoms with E-state index in [1.165, 1.54) is 4.90 Å². The molecule has 1 heterocycles. The maximum Gasteiger partial charge on any atom is 0.253 e. The number of carbonyl (C=O) groups is 1. The first-order valence-electron chi connectivity index (χ1n) is 6.19. The van der Waals surface area contributed by atoms with E-state index in [0.717, 1.165) is 11.3 Å². The van der Waals surface area contributed by atoms with Gasteiger partial charge in [0, 0.05) is 23.8 Å². The lowest BCUT2D eigenvalue weighted by Crippen LogP contribution is -2.22. The number of pyridine rings is 1. The van der Waals surface area contributed by atoms with Crippen molar-refractivity contribution in [3.05, 3.63) is 59.9 Å². The van der Waals surface area contributed by atoms with Crippen molar-refractivity contribution in [2.75, 3.05) is 5.75 Å². The van der Waals surface area contributed by atoms with Gasteiger partial charge < -0.3 is 5.32 Å². The number of hydrogen-bond acceptors (Lipinski definition) is 3. The Hall–Kier alpha value is -1.81. The highest BCUT2D eigenvalue weighted by molar-refractivity contribution is 7.99. The minimum atomic E-state index is -0.0971. The van der Waals surface area contributed by atoms with Crippen molar-refractivity contribution in [2.24, 2.45) is 0 Å². The van der Waals surface area contributed by atoms with Gasteiger partial charge in [-0.05, 0) is 35.6 Å². The average molecular weight is 272 g/mol. The van der Waals surface area contributed by atoms with Gasteiger partial charge in [0.2, 0.25) is 0 Å². The van der Waals surface area contributed by atoms with Crippen molar-refractivity contribution in [2.45, 2.75) is 18.4 Å². The summed E-state index contributed by atoms with van der Waals surface area (Å²) in [4.78, 5) is 17.0. The molecule has 0 unspecified atom stereocenters. The summed E-state index contributed by atoms with van der Waals surface area (Å²) in [5.74, 6) is 0.969. The minimum absolute atomic E-state index is 0.0971. The Balaban J connectivity index is 1.90. The van der Waals surface area contributed by atoms with Crippen LogP contribution < -0.4 is 5.32 Å². The van der Waals surface area contributed by atoms with Crippen LogP contribution in [-0.2, 0) is 6.54 Å². The summed E-state index contributed by atoms with van der Waals surface area (Å²) in [6.45, 7) is 2.66. The van der Waals surface area contributed by atoms with Gasteiger partial charge in [-0.3, -0.25) is 9.78 Å². The van der Waals surface area contributed by atoms with E-state index < -0.39 is 0 Å². The van der Waals surface area contributed by atoms with Crippen LogP contribution in [0, 0.1) is 0 Å². The Morgan fingerprint density at radius 3 is 2.68 bits per heavy atom. The molecule has 2 rings (SSSR count). The predicted octanol–water partition coefficient (Wildman–Crippen LogP) is 3.12. The zero-order valence-corrected chi connectivity index (χ0v) is 11.6. The van der Waals surface area contributed by atoms with E-state index in [2.05, 4.69) is 29.4 Å². The van der Waals surface area contributed by atoms with Gasteiger partial charge in [-0.15, -0.1) is 11.8 Å². The standard InChI is InChI=1S/C15H16N2OS/c1-2-19-14-7-5-12(6-8-14)10-17-15(18)13-4-3-9-16-11-13/h3-9,11H,2,10H2,1H3,(H,17,18). The second-order valence-corrected chi connectivity index (χ2v) is 5.34. The summed E-state index contributed by atoms with van der Waals surface area (Å²) in [6, 6.07) is 11.8. The number of nitrogens with one attached hydrogen (secondary N) is 1. The molecule has 19 heavy (non-hydrogen) atoms. The van der Waals surface area contributed by atoms with Crippen LogP contribution in [0.25, 0.3) is 0 Å². The molecule has 0 aliphatic heterocycles. The van der Waals surface area contributed by atoms with Crippen LogP contribution in [0.4, 0.5) is 0 Å². The molecule has 0 aliphatic rings. The van der Waals surface area contributed by atoms with Gasteiger partial charge in [-0.2, -0.15) is 0 Å². The molecule has 1 aromatic carbocycles. The zero-order chi connectivity index (χ0) is 13.5. The van der Waals surface area contributed by atoms with Gasteiger partial charge in [0.15, 0.2) is 0 Å². The second-order valence-electron chi connectivity index (χ2n) is 4.00. The van der Waals surface area contributed by atoms with Crippen LogP contribution >= 0.6 is 11.8 Å². The lowest BCUT2D eigenvalue weighted by molar-refractivity contribution is 0.0950. The molecule has 1 N–H and O–H groups in total. The number of rotatable bonds is 5. The molecule has 2 aromatic rings. The predicted molar refractivity (Wildman–Crippen MR) is 78.2 cm³/mol. The Labute approximate surface area is 117 Å². The quantitative estimate of drug-likeness (QED) is 0.850.